The van der Waals surface area contributed by atoms with Gasteiger partial charge in [0, 0.05) is 23.0 Å². The summed E-state index contributed by atoms with van der Waals surface area (Å²) in [6, 6.07) is 6.10. The first kappa shape index (κ1) is 10.6. The lowest BCUT2D eigenvalue weighted by Crippen LogP contribution is -1.83. The first-order chi connectivity index (χ1) is 8.20. The van der Waals surface area contributed by atoms with E-state index in [-0.39, 0.29) is 0 Å². The fraction of sp³-hybridized carbons (Fsp3) is 0.154. The molecule has 0 aliphatic rings. The third-order valence-electron chi connectivity index (χ3n) is 2.98. The van der Waals surface area contributed by atoms with Crippen molar-refractivity contribution in [2.75, 3.05) is 7.11 Å². The van der Waals surface area contributed by atoms with E-state index in [9.17, 15) is 0 Å². The number of nitrogens with one attached hydrogen (secondary N) is 1. The number of rotatable bonds is 1. The number of ether oxygens (including phenoxy) is 1. The average Bonchev–Trinajstić information content (AvgIpc) is 2.68. The number of aryl methyl sites for hydroxylation is 1. The summed E-state index contributed by atoms with van der Waals surface area (Å²) in [4.78, 5) is 7.68. The van der Waals surface area contributed by atoms with E-state index < -0.39 is 0 Å². The molecular weight excluding hydrogens is 280 g/mol. The maximum absolute atomic E-state index is 5.30. The lowest BCUT2D eigenvalue weighted by atomic mass is 10.1. The molecule has 0 atom stereocenters. The molecule has 1 N–H and O–H groups in total. The molecule has 3 nitrogen and oxygen atoms in total. The number of benzene rings is 1. The summed E-state index contributed by atoms with van der Waals surface area (Å²) in [5.74, 6) is 0.828. The predicted octanol–water partition coefficient (Wildman–Crippen LogP) is 3.80. The number of aromatic amines is 1. The topological polar surface area (TPSA) is 37.9 Å². The van der Waals surface area contributed by atoms with E-state index in [1.54, 1.807) is 7.11 Å². The largest absolute Gasteiger partial charge is 0.495 e. The molecule has 0 aliphatic heterocycles. The summed E-state index contributed by atoms with van der Waals surface area (Å²) in [7, 11) is 1.67. The van der Waals surface area contributed by atoms with E-state index >= 15 is 0 Å². The minimum atomic E-state index is 0.828. The minimum Gasteiger partial charge on any atom is -0.495 e. The molecular formula is C13H11BrN2O. The Hall–Kier alpha value is -1.55. The van der Waals surface area contributed by atoms with Gasteiger partial charge in [0.2, 0.25) is 0 Å². The van der Waals surface area contributed by atoms with Gasteiger partial charge in [-0.1, -0.05) is 0 Å². The van der Waals surface area contributed by atoms with Crippen LogP contribution in [-0.4, -0.2) is 17.1 Å². The van der Waals surface area contributed by atoms with Crippen LogP contribution in [0.2, 0.25) is 0 Å². The second kappa shape index (κ2) is 3.74. The van der Waals surface area contributed by atoms with E-state index in [1.807, 2.05) is 25.3 Å². The molecule has 0 amide bonds. The Labute approximate surface area is 107 Å². The normalized spacial score (nSPS) is 11.2. The molecule has 0 spiro atoms. The average molecular weight is 291 g/mol. The molecule has 3 aromatic rings. The second-order valence-electron chi connectivity index (χ2n) is 3.98. The Morgan fingerprint density at radius 2 is 2.12 bits per heavy atom. The molecule has 4 heteroatoms. The fourth-order valence-electron chi connectivity index (χ4n) is 2.12. The molecule has 17 heavy (non-hydrogen) atoms. The van der Waals surface area contributed by atoms with Crippen molar-refractivity contribution in [3.05, 3.63) is 34.6 Å². The molecule has 0 radical (unpaired) electrons. The second-order valence-corrected chi connectivity index (χ2v) is 4.83. The summed E-state index contributed by atoms with van der Waals surface area (Å²) in [6.45, 7) is 2.00. The Balaban J connectivity index is 2.48. The highest BCUT2D eigenvalue weighted by Crippen LogP contribution is 2.34. The maximum atomic E-state index is 5.30. The lowest BCUT2D eigenvalue weighted by molar-refractivity contribution is 0.413. The zero-order valence-electron chi connectivity index (χ0n) is 9.54. The van der Waals surface area contributed by atoms with Gasteiger partial charge in [0.1, 0.15) is 5.75 Å². The monoisotopic (exact) mass is 290 g/mol. The smallest absolute Gasteiger partial charge is 0.135 e. The van der Waals surface area contributed by atoms with Crippen LogP contribution in [0.1, 0.15) is 5.69 Å². The summed E-state index contributed by atoms with van der Waals surface area (Å²) < 4.78 is 6.26. The van der Waals surface area contributed by atoms with Crippen LogP contribution >= 0.6 is 15.9 Å². The molecule has 0 aliphatic carbocycles. The highest BCUT2D eigenvalue weighted by Gasteiger charge is 2.10. The maximum Gasteiger partial charge on any atom is 0.135 e. The zero-order valence-corrected chi connectivity index (χ0v) is 11.1. The van der Waals surface area contributed by atoms with Crippen LogP contribution in [0.15, 0.2) is 28.9 Å². The van der Waals surface area contributed by atoms with Gasteiger partial charge in [0.25, 0.3) is 0 Å². The van der Waals surface area contributed by atoms with Gasteiger partial charge in [-0.25, -0.2) is 0 Å². The number of methoxy groups -OCH3 is 1. The summed E-state index contributed by atoms with van der Waals surface area (Å²) in [5.41, 5.74) is 3.16. The lowest BCUT2D eigenvalue weighted by Gasteiger charge is -2.02. The third-order valence-corrected chi connectivity index (χ3v) is 3.60. The highest BCUT2D eigenvalue weighted by atomic mass is 79.9. The van der Waals surface area contributed by atoms with Gasteiger partial charge in [0.15, 0.2) is 0 Å². The van der Waals surface area contributed by atoms with E-state index in [0.717, 1.165) is 26.9 Å². The van der Waals surface area contributed by atoms with Gasteiger partial charge in [-0.3, -0.25) is 4.98 Å². The first-order valence-electron chi connectivity index (χ1n) is 5.31. The summed E-state index contributed by atoms with van der Waals surface area (Å²) >= 11 is 3.51. The Kier molecular flexibility index (Phi) is 2.33. The molecule has 0 unspecified atom stereocenters. The van der Waals surface area contributed by atoms with Crippen molar-refractivity contribution in [3.8, 4) is 5.75 Å². The minimum absolute atomic E-state index is 0.828. The molecule has 3 rings (SSSR count). The van der Waals surface area contributed by atoms with E-state index in [1.165, 1.54) is 10.8 Å². The number of aromatic nitrogens is 2. The Bertz CT molecular complexity index is 718. The summed E-state index contributed by atoms with van der Waals surface area (Å²) in [5, 5.41) is 2.37. The number of nitrogens with zero attached hydrogens (tertiary/aromatic N) is 1. The predicted molar refractivity (Wildman–Crippen MR) is 72.6 cm³/mol. The van der Waals surface area contributed by atoms with Crippen LogP contribution in [0.5, 0.6) is 5.75 Å². The van der Waals surface area contributed by atoms with Gasteiger partial charge < -0.3 is 9.72 Å². The van der Waals surface area contributed by atoms with Crippen molar-refractivity contribution in [1.29, 1.82) is 0 Å². The molecule has 0 fully saturated rings. The number of halogens is 1. The van der Waals surface area contributed by atoms with E-state index in [4.69, 9.17) is 4.74 Å². The van der Waals surface area contributed by atoms with Crippen molar-refractivity contribution in [1.82, 2.24) is 9.97 Å². The van der Waals surface area contributed by atoms with Gasteiger partial charge in [-0.15, -0.1) is 0 Å². The molecule has 2 heterocycles. The molecule has 0 saturated carbocycles. The summed E-state index contributed by atoms with van der Waals surface area (Å²) in [6.07, 6.45) is 1.84. The van der Waals surface area contributed by atoms with E-state index in [2.05, 4.69) is 32.0 Å². The first-order valence-corrected chi connectivity index (χ1v) is 6.10. The fourth-order valence-corrected chi connectivity index (χ4v) is 2.62. The number of H-pyrrole nitrogens is 1. The standard InChI is InChI=1S/C13H11BrN2O/c1-7-13-8(3-4-15-7)9-5-10(14)12(17-2)6-11(9)16-13/h3-6,16H,1-2H3. The number of pyridine rings is 1. The molecule has 2 aromatic heterocycles. The zero-order chi connectivity index (χ0) is 12.0. The number of hydrogen-bond acceptors (Lipinski definition) is 2. The molecule has 0 saturated heterocycles. The van der Waals surface area contributed by atoms with Crippen LogP contribution in [0.3, 0.4) is 0 Å². The molecule has 0 bridgehead atoms. The van der Waals surface area contributed by atoms with Crippen molar-refractivity contribution in [3.63, 3.8) is 0 Å². The Morgan fingerprint density at radius 3 is 2.88 bits per heavy atom. The quantitative estimate of drug-likeness (QED) is 0.740. The SMILES string of the molecule is COc1cc2[nH]c3c(C)nccc3c2cc1Br. The van der Waals surface area contributed by atoms with Crippen molar-refractivity contribution >= 4 is 37.7 Å². The highest BCUT2D eigenvalue weighted by molar-refractivity contribution is 9.10. The molecule has 86 valence electrons. The van der Waals surface area contributed by atoms with Gasteiger partial charge >= 0.3 is 0 Å². The van der Waals surface area contributed by atoms with Crippen molar-refractivity contribution in [2.45, 2.75) is 6.92 Å². The molecule has 1 aromatic carbocycles. The van der Waals surface area contributed by atoms with Crippen LogP contribution in [0.4, 0.5) is 0 Å². The Morgan fingerprint density at radius 1 is 1.29 bits per heavy atom. The van der Waals surface area contributed by atoms with Crippen LogP contribution in [-0.2, 0) is 0 Å². The van der Waals surface area contributed by atoms with Crippen molar-refractivity contribution < 1.29 is 4.74 Å². The number of hydrogen-bond donors (Lipinski definition) is 1. The van der Waals surface area contributed by atoms with E-state index in [0.29, 0.717) is 0 Å². The van der Waals surface area contributed by atoms with Gasteiger partial charge in [0.05, 0.1) is 28.3 Å². The van der Waals surface area contributed by atoms with Crippen molar-refractivity contribution in [2.24, 2.45) is 0 Å². The van der Waals surface area contributed by atoms with Gasteiger partial charge in [-0.2, -0.15) is 0 Å². The van der Waals surface area contributed by atoms with Crippen LogP contribution < -0.4 is 4.74 Å². The van der Waals surface area contributed by atoms with Crippen LogP contribution in [0, 0.1) is 6.92 Å². The van der Waals surface area contributed by atoms with Crippen LogP contribution in [0.25, 0.3) is 21.8 Å². The number of fused-ring (bicyclic) bond motifs is 3. The third kappa shape index (κ3) is 1.52. The van der Waals surface area contributed by atoms with Gasteiger partial charge in [-0.05, 0) is 35.0 Å².